The number of methoxy groups -OCH3 is 1. The standard InChI is InChI=1S/C20H17N3O/c1-13-9-16(6-7-21-13)19-11-17-10-14(3-4-18(17)23-19)15-5-8-22-20(12-15)24-2/h3-12,23H,1-2H3. The van der Waals surface area contributed by atoms with E-state index in [9.17, 15) is 0 Å². The second-order valence-corrected chi connectivity index (χ2v) is 5.76. The molecule has 0 bridgehead atoms. The fourth-order valence-corrected chi connectivity index (χ4v) is 2.88. The van der Waals surface area contributed by atoms with Crippen LogP contribution in [0.1, 0.15) is 5.69 Å². The molecule has 0 radical (unpaired) electrons. The van der Waals surface area contributed by atoms with Gasteiger partial charge in [-0.3, -0.25) is 4.98 Å². The SMILES string of the molecule is COc1cc(-c2ccc3[nH]c(-c4ccnc(C)c4)cc3c2)ccn1. The number of nitrogens with zero attached hydrogens (tertiary/aromatic N) is 2. The first kappa shape index (κ1) is 14.5. The van der Waals surface area contributed by atoms with Gasteiger partial charge in [-0.2, -0.15) is 0 Å². The monoisotopic (exact) mass is 315 g/mol. The molecule has 1 aromatic carbocycles. The van der Waals surface area contributed by atoms with Crippen molar-refractivity contribution in [2.24, 2.45) is 0 Å². The quantitative estimate of drug-likeness (QED) is 0.600. The van der Waals surface area contributed by atoms with E-state index < -0.39 is 0 Å². The number of nitrogens with one attached hydrogen (secondary N) is 1. The molecule has 0 aliphatic heterocycles. The highest BCUT2D eigenvalue weighted by Crippen LogP contribution is 2.29. The number of aryl methyl sites for hydroxylation is 1. The maximum atomic E-state index is 5.21. The maximum absolute atomic E-state index is 5.21. The van der Waals surface area contributed by atoms with Crippen LogP contribution in [0.15, 0.2) is 60.9 Å². The molecule has 0 spiro atoms. The Bertz CT molecular complexity index is 1020. The van der Waals surface area contributed by atoms with E-state index in [4.69, 9.17) is 4.74 Å². The van der Waals surface area contributed by atoms with Crippen LogP contribution in [0, 0.1) is 6.92 Å². The summed E-state index contributed by atoms with van der Waals surface area (Å²) in [6.07, 6.45) is 3.60. The molecule has 0 unspecified atom stereocenters. The van der Waals surface area contributed by atoms with Gasteiger partial charge in [0.15, 0.2) is 0 Å². The summed E-state index contributed by atoms with van der Waals surface area (Å²) in [5, 5.41) is 1.17. The van der Waals surface area contributed by atoms with Gasteiger partial charge in [-0.25, -0.2) is 4.98 Å². The van der Waals surface area contributed by atoms with E-state index >= 15 is 0 Å². The van der Waals surface area contributed by atoms with Crippen molar-refractivity contribution in [1.82, 2.24) is 15.0 Å². The number of fused-ring (bicyclic) bond motifs is 1. The molecular formula is C20H17N3O. The molecule has 4 aromatic rings. The average Bonchev–Trinajstić information content (AvgIpc) is 3.05. The molecule has 4 rings (SSSR count). The minimum atomic E-state index is 0.620. The van der Waals surface area contributed by atoms with Gasteiger partial charge in [-0.15, -0.1) is 0 Å². The lowest BCUT2D eigenvalue weighted by molar-refractivity contribution is 0.398. The molecule has 0 atom stereocenters. The zero-order valence-electron chi connectivity index (χ0n) is 13.6. The van der Waals surface area contributed by atoms with E-state index in [1.165, 1.54) is 5.39 Å². The lowest BCUT2D eigenvalue weighted by atomic mass is 10.0. The van der Waals surface area contributed by atoms with Gasteiger partial charge in [0.05, 0.1) is 7.11 Å². The van der Waals surface area contributed by atoms with E-state index in [1.54, 1.807) is 13.3 Å². The van der Waals surface area contributed by atoms with Crippen LogP contribution in [0.25, 0.3) is 33.3 Å². The van der Waals surface area contributed by atoms with Gasteiger partial charge < -0.3 is 9.72 Å². The highest BCUT2D eigenvalue weighted by molar-refractivity contribution is 5.89. The molecule has 3 aromatic heterocycles. The van der Waals surface area contributed by atoms with E-state index in [0.717, 1.165) is 33.6 Å². The normalized spacial score (nSPS) is 10.9. The van der Waals surface area contributed by atoms with E-state index in [-0.39, 0.29) is 0 Å². The summed E-state index contributed by atoms with van der Waals surface area (Å²) in [4.78, 5) is 11.9. The molecule has 24 heavy (non-hydrogen) atoms. The van der Waals surface area contributed by atoms with Crippen LogP contribution in [0.4, 0.5) is 0 Å². The molecule has 0 saturated heterocycles. The highest BCUT2D eigenvalue weighted by atomic mass is 16.5. The molecule has 0 aliphatic carbocycles. The second kappa shape index (κ2) is 5.81. The lowest BCUT2D eigenvalue weighted by Crippen LogP contribution is -1.87. The number of aromatic nitrogens is 3. The van der Waals surface area contributed by atoms with E-state index in [2.05, 4.69) is 45.3 Å². The summed E-state index contributed by atoms with van der Waals surface area (Å²) in [7, 11) is 1.63. The minimum absolute atomic E-state index is 0.620. The molecule has 3 heterocycles. The third kappa shape index (κ3) is 2.63. The fraction of sp³-hybridized carbons (Fsp3) is 0.100. The van der Waals surface area contributed by atoms with Gasteiger partial charge in [0, 0.05) is 46.3 Å². The van der Waals surface area contributed by atoms with Gasteiger partial charge in [0.1, 0.15) is 0 Å². The molecule has 118 valence electrons. The smallest absolute Gasteiger partial charge is 0.213 e. The Hall–Kier alpha value is -3.14. The van der Waals surface area contributed by atoms with E-state index in [1.807, 2.05) is 31.3 Å². The first-order chi connectivity index (χ1) is 11.7. The molecule has 0 amide bonds. The molecule has 1 N–H and O–H groups in total. The number of pyridine rings is 2. The summed E-state index contributed by atoms with van der Waals surface area (Å²) >= 11 is 0. The summed E-state index contributed by atoms with van der Waals surface area (Å²) in [6.45, 7) is 2.00. The number of H-pyrrole nitrogens is 1. The molecule has 0 fully saturated rings. The number of aromatic amines is 1. The molecule has 0 aliphatic rings. The molecule has 4 heteroatoms. The van der Waals surface area contributed by atoms with Crippen LogP contribution >= 0.6 is 0 Å². The Kier molecular flexibility index (Phi) is 3.50. The zero-order chi connectivity index (χ0) is 16.5. The van der Waals surface area contributed by atoms with Crippen LogP contribution in [-0.2, 0) is 0 Å². The predicted molar refractivity (Wildman–Crippen MR) is 96.0 cm³/mol. The van der Waals surface area contributed by atoms with Crippen molar-refractivity contribution in [3.05, 3.63) is 66.6 Å². The average molecular weight is 315 g/mol. The highest BCUT2D eigenvalue weighted by Gasteiger charge is 2.07. The van der Waals surface area contributed by atoms with Crippen molar-refractivity contribution in [3.63, 3.8) is 0 Å². The summed E-state index contributed by atoms with van der Waals surface area (Å²) in [5.74, 6) is 0.620. The lowest BCUT2D eigenvalue weighted by Gasteiger charge is -2.04. The Labute approximate surface area is 140 Å². The number of benzene rings is 1. The Morgan fingerprint density at radius 1 is 0.833 bits per heavy atom. The van der Waals surface area contributed by atoms with E-state index in [0.29, 0.717) is 5.88 Å². The number of rotatable bonds is 3. The summed E-state index contributed by atoms with van der Waals surface area (Å²) < 4.78 is 5.21. The number of hydrogen-bond acceptors (Lipinski definition) is 3. The summed E-state index contributed by atoms with van der Waals surface area (Å²) in [5.41, 5.74) is 6.59. The minimum Gasteiger partial charge on any atom is -0.481 e. The topological polar surface area (TPSA) is 50.8 Å². The predicted octanol–water partition coefficient (Wildman–Crippen LogP) is 4.61. The van der Waals surface area contributed by atoms with Crippen LogP contribution < -0.4 is 4.74 Å². The van der Waals surface area contributed by atoms with Crippen LogP contribution in [-0.4, -0.2) is 22.1 Å². The van der Waals surface area contributed by atoms with Gasteiger partial charge in [-0.05, 0) is 54.4 Å². The van der Waals surface area contributed by atoms with Crippen molar-refractivity contribution < 1.29 is 4.74 Å². The fourth-order valence-electron chi connectivity index (χ4n) is 2.88. The third-order valence-electron chi connectivity index (χ3n) is 4.11. The zero-order valence-corrected chi connectivity index (χ0v) is 13.6. The van der Waals surface area contributed by atoms with Gasteiger partial charge in [0.2, 0.25) is 5.88 Å². The number of hydrogen-bond donors (Lipinski definition) is 1. The molecular weight excluding hydrogens is 298 g/mol. The van der Waals surface area contributed by atoms with Gasteiger partial charge >= 0.3 is 0 Å². The third-order valence-corrected chi connectivity index (χ3v) is 4.11. The van der Waals surface area contributed by atoms with Crippen molar-refractivity contribution in [1.29, 1.82) is 0 Å². The van der Waals surface area contributed by atoms with Gasteiger partial charge in [0.25, 0.3) is 0 Å². The Balaban J connectivity index is 1.78. The number of ether oxygens (including phenoxy) is 1. The van der Waals surface area contributed by atoms with Crippen molar-refractivity contribution >= 4 is 10.9 Å². The maximum Gasteiger partial charge on any atom is 0.213 e. The van der Waals surface area contributed by atoms with Crippen LogP contribution in [0.3, 0.4) is 0 Å². The van der Waals surface area contributed by atoms with Gasteiger partial charge in [-0.1, -0.05) is 6.07 Å². The van der Waals surface area contributed by atoms with Crippen molar-refractivity contribution in [2.45, 2.75) is 6.92 Å². The first-order valence-corrected chi connectivity index (χ1v) is 7.79. The molecule has 4 nitrogen and oxygen atoms in total. The van der Waals surface area contributed by atoms with Crippen LogP contribution in [0.5, 0.6) is 5.88 Å². The largest absolute Gasteiger partial charge is 0.481 e. The Morgan fingerprint density at radius 2 is 1.62 bits per heavy atom. The van der Waals surface area contributed by atoms with Crippen molar-refractivity contribution in [3.8, 4) is 28.3 Å². The molecule has 0 saturated carbocycles. The second-order valence-electron chi connectivity index (χ2n) is 5.76. The Morgan fingerprint density at radius 3 is 2.46 bits per heavy atom. The van der Waals surface area contributed by atoms with Crippen molar-refractivity contribution in [2.75, 3.05) is 7.11 Å². The first-order valence-electron chi connectivity index (χ1n) is 7.79. The van der Waals surface area contributed by atoms with Crippen LogP contribution in [0.2, 0.25) is 0 Å². The summed E-state index contributed by atoms with van der Waals surface area (Å²) in [6, 6.07) is 16.6.